The van der Waals surface area contributed by atoms with E-state index in [-0.39, 0.29) is 41.5 Å². The SMILES string of the molecule is C[C@@]12CC[C@H]3[C@H](CCC4=CC(=O)CC[C@]43C)[C@@H]1CC[C@@H]2OC(=O)CCC(=O)NCC(=O)O. The molecule has 0 saturated heterocycles. The summed E-state index contributed by atoms with van der Waals surface area (Å²) in [4.78, 5) is 46.7. The fourth-order valence-electron chi connectivity index (χ4n) is 7.40. The van der Waals surface area contributed by atoms with Crippen molar-refractivity contribution in [3.63, 3.8) is 0 Å². The fourth-order valence-corrected chi connectivity index (χ4v) is 7.40. The first kappa shape index (κ1) is 23.0. The van der Waals surface area contributed by atoms with Gasteiger partial charge < -0.3 is 15.2 Å². The smallest absolute Gasteiger partial charge is 0.322 e. The molecule has 0 radical (unpaired) electrons. The monoisotopic (exact) mass is 445 g/mol. The van der Waals surface area contributed by atoms with Gasteiger partial charge in [-0.1, -0.05) is 19.4 Å². The lowest BCUT2D eigenvalue weighted by atomic mass is 9.47. The van der Waals surface area contributed by atoms with Crippen LogP contribution in [0.3, 0.4) is 0 Å². The summed E-state index contributed by atoms with van der Waals surface area (Å²) in [6, 6.07) is 0. The molecule has 3 saturated carbocycles. The molecule has 4 rings (SSSR count). The van der Waals surface area contributed by atoms with E-state index >= 15 is 0 Å². The van der Waals surface area contributed by atoms with E-state index in [1.165, 1.54) is 5.57 Å². The minimum atomic E-state index is -1.11. The van der Waals surface area contributed by atoms with Crippen molar-refractivity contribution in [1.29, 1.82) is 0 Å². The number of hydrogen-bond donors (Lipinski definition) is 2. The molecule has 7 nitrogen and oxygen atoms in total. The number of carboxylic acid groups (broad SMARTS) is 1. The number of carbonyl (C=O) groups excluding carboxylic acids is 3. The Hall–Kier alpha value is -2.18. The summed E-state index contributed by atoms with van der Waals surface area (Å²) in [6.45, 7) is 4.20. The lowest BCUT2D eigenvalue weighted by Crippen LogP contribution is -2.51. The maximum atomic E-state index is 12.5. The van der Waals surface area contributed by atoms with Crippen molar-refractivity contribution in [2.45, 2.75) is 84.2 Å². The summed E-state index contributed by atoms with van der Waals surface area (Å²) in [7, 11) is 0. The van der Waals surface area contributed by atoms with Crippen LogP contribution in [0.4, 0.5) is 0 Å². The molecule has 0 bridgehead atoms. The third kappa shape index (κ3) is 4.11. The molecule has 32 heavy (non-hydrogen) atoms. The van der Waals surface area contributed by atoms with E-state index in [0.717, 1.165) is 44.9 Å². The summed E-state index contributed by atoms with van der Waals surface area (Å²) in [5.41, 5.74) is 1.46. The van der Waals surface area contributed by atoms with Gasteiger partial charge in [-0.3, -0.25) is 19.2 Å². The van der Waals surface area contributed by atoms with Gasteiger partial charge in [0, 0.05) is 18.3 Å². The average Bonchev–Trinajstić information content (AvgIpc) is 3.07. The molecular weight excluding hydrogens is 410 g/mol. The second-order valence-corrected chi connectivity index (χ2v) is 10.7. The van der Waals surface area contributed by atoms with Crippen LogP contribution < -0.4 is 5.32 Å². The highest BCUT2D eigenvalue weighted by Gasteiger charge is 2.59. The van der Waals surface area contributed by atoms with Gasteiger partial charge in [0.15, 0.2) is 5.78 Å². The highest BCUT2D eigenvalue weighted by atomic mass is 16.5. The van der Waals surface area contributed by atoms with Gasteiger partial charge >= 0.3 is 11.9 Å². The standard InChI is InChI=1S/C25H35NO6/c1-24-11-9-16(27)13-15(24)3-4-17-18-5-6-20(25(18,2)12-10-19(17)24)32-23(31)8-7-21(28)26-14-22(29)30/h13,17-20H,3-12,14H2,1-2H3,(H,26,28)(H,29,30)/t17-,18+,19+,20+,24-,25-/m1/s1. The van der Waals surface area contributed by atoms with E-state index in [2.05, 4.69) is 19.2 Å². The fraction of sp³-hybridized carbons (Fsp3) is 0.760. The number of fused-ring (bicyclic) bond motifs is 5. The van der Waals surface area contributed by atoms with Gasteiger partial charge in [-0.25, -0.2) is 0 Å². The van der Waals surface area contributed by atoms with Gasteiger partial charge in [0.1, 0.15) is 12.6 Å². The Bertz CT molecular complexity index is 849. The Kier molecular flexibility index (Phi) is 6.21. The van der Waals surface area contributed by atoms with E-state index < -0.39 is 18.4 Å². The molecule has 176 valence electrons. The van der Waals surface area contributed by atoms with Crippen LogP contribution in [0.2, 0.25) is 0 Å². The average molecular weight is 446 g/mol. The normalized spacial score (nSPS) is 38.1. The lowest BCUT2D eigenvalue weighted by molar-refractivity contribution is -0.160. The summed E-state index contributed by atoms with van der Waals surface area (Å²) in [5, 5.41) is 10.9. The number of ketones is 1. The number of allylic oxidation sites excluding steroid dienone is 1. The first-order valence-corrected chi connectivity index (χ1v) is 12.1. The van der Waals surface area contributed by atoms with E-state index in [4.69, 9.17) is 9.84 Å². The van der Waals surface area contributed by atoms with Crippen LogP contribution >= 0.6 is 0 Å². The van der Waals surface area contributed by atoms with Gasteiger partial charge in [-0.2, -0.15) is 0 Å². The molecule has 0 aromatic rings. The number of aliphatic carboxylic acids is 1. The van der Waals surface area contributed by atoms with Crippen molar-refractivity contribution in [1.82, 2.24) is 5.32 Å². The molecule has 4 aliphatic rings. The first-order chi connectivity index (χ1) is 15.1. The summed E-state index contributed by atoms with van der Waals surface area (Å²) in [5.74, 6) is 0.0628. The Labute approximate surface area is 189 Å². The van der Waals surface area contributed by atoms with Gasteiger partial charge in [0.25, 0.3) is 0 Å². The van der Waals surface area contributed by atoms with Crippen molar-refractivity contribution in [3.8, 4) is 0 Å². The molecule has 0 aromatic heterocycles. The minimum Gasteiger partial charge on any atom is -0.480 e. The highest BCUT2D eigenvalue weighted by molar-refractivity contribution is 5.91. The first-order valence-electron chi connectivity index (χ1n) is 12.1. The molecule has 0 aliphatic heterocycles. The molecule has 1 amide bonds. The highest BCUT2D eigenvalue weighted by Crippen LogP contribution is 2.65. The van der Waals surface area contributed by atoms with Crippen molar-refractivity contribution in [3.05, 3.63) is 11.6 Å². The van der Waals surface area contributed by atoms with Crippen molar-refractivity contribution < 1.29 is 29.0 Å². The van der Waals surface area contributed by atoms with Crippen LogP contribution in [0, 0.1) is 28.6 Å². The van der Waals surface area contributed by atoms with Crippen LogP contribution in [-0.4, -0.2) is 41.4 Å². The van der Waals surface area contributed by atoms with Crippen molar-refractivity contribution >= 4 is 23.6 Å². The molecular formula is C25H35NO6. The second-order valence-electron chi connectivity index (χ2n) is 10.7. The Morgan fingerprint density at radius 1 is 1.06 bits per heavy atom. The number of carboxylic acids is 1. The van der Waals surface area contributed by atoms with Gasteiger partial charge in [0.2, 0.25) is 5.91 Å². The zero-order chi connectivity index (χ0) is 23.1. The number of ether oxygens (including phenoxy) is 1. The largest absolute Gasteiger partial charge is 0.480 e. The topological polar surface area (TPSA) is 110 Å². The van der Waals surface area contributed by atoms with Crippen molar-refractivity contribution in [2.75, 3.05) is 6.54 Å². The van der Waals surface area contributed by atoms with Crippen LogP contribution in [0.15, 0.2) is 11.6 Å². The molecule has 2 N–H and O–H groups in total. The van der Waals surface area contributed by atoms with E-state index in [0.29, 0.717) is 24.2 Å². The van der Waals surface area contributed by atoms with Crippen LogP contribution in [0.1, 0.15) is 78.1 Å². The number of esters is 1. The Morgan fingerprint density at radius 2 is 1.84 bits per heavy atom. The van der Waals surface area contributed by atoms with Crippen LogP contribution in [0.25, 0.3) is 0 Å². The molecule has 7 heteroatoms. The minimum absolute atomic E-state index is 0.0327. The molecule has 0 unspecified atom stereocenters. The number of amides is 1. The molecule has 4 aliphatic carbocycles. The second kappa shape index (κ2) is 8.64. The predicted molar refractivity (Wildman–Crippen MR) is 116 cm³/mol. The Morgan fingerprint density at radius 3 is 2.59 bits per heavy atom. The van der Waals surface area contributed by atoms with E-state index in [1.807, 2.05) is 6.08 Å². The third-order valence-corrected chi connectivity index (χ3v) is 9.14. The summed E-state index contributed by atoms with van der Waals surface area (Å²) in [6.07, 6.45) is 9.50. The van der Waals surface area contributed by atoms with Crippen LogP contribution in [-0.2, 0) is 23.9 Å². The number of nitrogens with one attached hydrogen (secondary N) is 1. The van der Waals surface area contributed by atoms with Gasteiger partial charge in [-0.05, 0) is 74.2 Å². The molecule has 0 heterocycles. The van der Waals surface area contributed by atoms with Crippen LogP contribution in [0.5, 0.6) is 0 Å². The molecule has 3 fully saturated rings. The number of carbonyl (C=O) groups is 4. The Balaban J connectivity index is 1.37. The molecule has 6 atom stereocenters. The quantitative estimate of drug-likeness (QED) is 0.607. The third-order valence-electron chi connectivity index (χ3n) is 9.14. The number of rotatable bonds is 6. The maximum Gasteiger partial charge on any atom is 0.322 e. The van der Waals surface area contributed by atoms with E-state index in [1.54, 1.807) is 0 Å². The molecule has 0 spiro atoms. The number of hydrogen-bond acceptors (Lipinski definition) is 5. The zero-order valence-corrected chi connectivity index (χ0v) is 19.2. The molecule has 0 aromatic carbocycles. The zero-order valence-electron chi connectivity index (χ0n) is 19.2. The summed E-state index contributed by atoms with van der Waals surface area (Å²) < 4.78 is 5.89. The predicted octanol–water partition coefficient (Wildman–Crippen LogP) is 3.41. The maximum absolute atomic E-state index is 12.5. The van der Waals surface area contributed by atoms with Gasteiger partial charge in [-0.15, -0.1) is 0 Å². The van der Waals surface area contributed by atoms with E-state index in [9.17, 15) is 19.2 Å². The lowest BCUT2D eigenvalue weighted by Gasteiger charge is -2.57. The summed E-state index contributed by atoms with van der Waals surface area (Å²) >= 11 is 0. The van der Waals surface area contributed by atoms with Gasteiger partial charge in [0.05, 0.1) is 6.42 Å². The van der Waals surface area contributed by atoms with Crippen molar-refractivity contribution in [2.24, 2.45) is 28.6 Å².